The molecule has 0 aliphatic carbocycles. The number of nitrogens with zero attached hydrogens (tertiary/aromatic N) is 2. The molecule has 1 aromatic heterocycles. The van der Waals surface area contributed by atoms with Crippen molar-refractivity contribution in [3.8, 4) is 0 Å². The van der Waals surface area contributed by atoms with E-state index in [0.29, 0.717) is 18.4 Å². The molecule has 0 bridgehead atoms. The molecule has 0 spiro atoms. The highest BCUT2D eigenvalue weighted by molar-refractivity contribution is 7.10. The lowest BCUT2D eigenvalue weighted by Gasteiger charge is -2.36. The van der Waals surface area contributed by atoms with Gasteiger partial charge in [-0.25, -0.2) is 0 Å². The van der Waals surface area contributed by atoms with Gasteiger partial charge in [-0.2, -0.15) is 0 Å². The Hall–Kier alpha value is -2.14. The number of thiophene rings is 1. The Morgan fingerprint density at radius 2 is 1.70 bits per heavy atom. The minimum atomic E-state index is -0.0498. The molecule has 1 unspecified atom stereocenters. The van der Waals surface area contributed by atoms with Crippen LogP contribution in [0.4, 0.5) is 0 Å². The first-order valence-corrected chi connectivity index (χ1v) is 11.9. The molecule has 2 heterocycles. The van der Waals surface area contributed by atoms with Crippen molar-refractivity contribution in [3.05, 3.63) is 57.8 Å². The van der Waals surface area contributed by atoms with E-state index in [1.807, 2.05) is 28.0 Å². The van der Waals surface area contributed by atoms with Crippen LogP contribution in [-0.2, 0) is 16.0 Å². The van der Waals surface area contributed by atoms with Crippen LogP contribution < -0.4 is 0 Å². The molecule has 0 fully saturated rings. The molecular weight excluding hydrogens is 392 g/mol. The van der Waals surface area contributed by atoms with Crippen LogP contribution in [-0.4, -0.2) is 41.2 Å². The van der Waals surface area contributed by atoms with Crippen molar-refractivity contribution in [1.82, 2.24) is 9.80 Å². The fraction of sp³-hybridized carbons (Fsp3) is 0.520. The van der Waals surface area contributed by atoms with Gasteiger partial charge in [0.25, 0.3) is 0 Å². The molecule has 1 aliphatic heterocycles. The molecule has 1 atom stereocenters. The van der Waals surface area contributed by atoms with Crippen LogP contribution in [0.2, 0.25) is 0 Å². The number of amides is 2. The lowest BCUT2D eigenvalue weighted by molar-refractivity contribution is -0.138. The number of hydrogen-bond donors (Lipinski definition) is 0. The molecule has 0 radical (unpaired) electrons. The Bertz CT molecular complexity index is 834. The monoisotopic (exact) mass is 426 g/mol. The molecule has 30 heavy (non-hydrogen) atoms. The third kappa shape index (κ3) is 5.51. The highest BCUT2D eigenvalue weighted by atomic mass is 32.1. The number of hydrogen-bond acceptors (Lipinski definition) is 3. The van der Waals surface area contributed by atoms with Gasteiger partial charge in [-0.3, -0.25) is 9.59 Å². The van der Waals surface area contributed by atoms with Gasteiger partial charge in [0, 0.05) is 37.4 Å². The van der Waals surface area contributed by atoms with Crippen LogP contribution >= 0.6 is 11.3 Å². The largest absolute Gasteiger partial charge is 0.342 e. The van der Waals surface area contributed by atoms with Crippen molar-refractivity contribution in [2.45, 2.75) is 53.0 Å². The zero-order valence-electron chi connectivity index (χ0n) is 18.6. The molecule has 1 aliphatic rings. The summed E-state index contributed by atoms with van der Waals surface area (Å²) in [7, 11) is 0. The van der Waals surface area contributed by atoms with Gasteiger partial charge in [-0.05, 0) is 40.8 Å². The third-order valence-electron chi connectivity index (χ3n) is 5.48. The number of rotatable bonds is 8. The molecule has 2 amide bonds. The van der Waals surface area contributed by atoms with Gasteiger partial charge in [0.1, 0.15) is 0 Å². The molecule has 0 N–H and O–H groups in total. The summed E-state index contributed by atoms with van der Waals surface area (Å²) in [6.07, 6.45) is 1.45. The molecule has 1 aromatic carbocycles. The molecule has 162 valence electrons. The Morgan fingerprint density at radius 3 is 2.33 bits per heavy atom. The Kier molecular flexibility index (Phi) is 7.70. The highest BCUT2D eigenvalue weighted by Crippen LogP contribution is 2.38. The predicted octanol–water partition coefficient (Wildman–Crippen LogP) is 5.14. The van der Waals surface area contributed by atoms with Gasteiger partial charge in [0.15, 0.2) is 0 Å². The lowest BCUT2D eigenvalue weighted by atomic mass is 9.93. The molecular formula is C25H34N2O2S. The molecule has 5 heteroatoms. The van der Waals surface area contributed by atoms with E-state index < -0.39 is 0 Å². The second-order valence-electron chi connectivity index (χ2n) is 9.04. The van der Waals surface area contributed by atoms with E-state index in [1.54, 1.807) is 11.3 Å². The fourth-order valence-corrected chi connectivity index (χ4v) is 5.16. The van der Waals surface area contributed by atoms with Crippen LogP contribution in [0.25, 0.3) is 0 Å². The summed E-state index contributed by atoms with van der Waals surface area (Å²) in [5.41, 5.74) is 2.37. The van der Waals surface area contributed by atoms with Gasteiger partial charge >= 0.3 is 0 Å². The first kappa shape index (κ1) is 22.5. The Labute approximate surface area is 184 Å². The van der Waals surface area contributed by atoms with Crippen molar-refractivity contribution in [2.75, 3.05) is 19.6 Å². The minimum Gasteiger partial charge on any atom is -0.342 e. The first-order chi connectivity index (χ1) is 14.4. The molecule has 0 saturated carbocycles. The van der Waals surface area contributed by atoms with Gasteiger partial charge in [0.2, 0.25) is 11.8 Å². The van der Waals surface area contributed by atoms with E-state index in [1.165, 1.54) is 10.4 Å². The number of carbonyl (C=O) groups excluding carboxylic acids is 2. The van der Waals surface area contributed by atoms with Crippen molar-refractivity contribution in [1.29, 1.82) is 0 Å². The quantitative estimate of drug-likeness (QED) is 0.586. The SMILES string of the molecule is CC(C)CN(CC(C)C)C(=O)CCC(=O)N1CCc2sccc2C1c1ccccc1. The standard InChI is InChI=1S/C25H34N2O2S/c1-18(2)16-26(17-19(3)4)23(28)10-11-24(29)27-14-12-22-21(13-15-30-22)25(27)20-8-6-5-7-9-20/h5-9,13,15,18-19,25H,10-12,14,16-17H2,1-4H3. The summed E-state index contributed by atoms with van der Waals surface area (Å²) in [5, 5.41) is 2.12. The smallest absolute Gasteiger partial charge is 0.223 e. The number of benzene rings is 1. The fourth-order valence-electron chi connectivity index (χ4n) is 4.26. The topological polar surface area (TPSA) is 40.6 Å². The predicted molar refractivity (Wildman–Crippen MR) is 124 cm³/mol. The van der Waals surface area contributed by atoms with Crippen molar-refractivity contribution in [3.63, 3.8) is 0 Å². The first-order valence-electron chi connectivity index (χ1n) is 11.0. The van der Waals surface area contributed by atoms with Crippen molar-refractivity contribution >= 4 is 23.2 Å². The molecule has 0 saturated heterocycles. The summed E-state index contributed by atoms with van der Waals surface area (Å²) in [6, 6.07) is 12.3. The van der Waals surface area contributed by atoms with Crippen LogP contribution in [0.1, 0.15) is 62.6 Å². The zero-order valence-corrected chi connectivity index (χ0v) is 19.5. The Balaban J connectivity index is 1.71. The summed E-state index contributed by atoms with van der Waals surface area (Å²) < 4.78 is 0. The third-order valence-corrected chi connectivity index (χ3v) is 6.47. The summed E-state index contributed by atoms with van der Waals surface area (Å²) in [4.78, 5) is 31.4. The van der Waals surface area contributed by atoms with Crippen molar-refractivity contribution < 1.29 is 9.59 Å². The van der Waals surface area contributed by atoms with Gasteiger partial charge in [-0.15, -0.1) is 11.3 Å². The minimum absolute atomic E-state index is 0.0498. The zero-order chi connectivity index (χ0) is 21.7. The van der Waals surface area contributed by atoms with E-state index in [2.05, 4.69) is 51.3 Å². The Morgan fingerprint density at radius 1 is 1.03 bits per heavy atom. The van der Waals surface area contributed by atoms with Gasteiger partial charge in [-0.1, -0.05) is 58.0 Å². The number of fused-ring (bicyclic) bond motifs is 1. The summed E-state index contributed by atoms with van der Waals surface area (Å²) in [5.74, 6) is 1.01. The maximum Gasteiger partial charge on any atom is 0.223 e. The second kappa shape index (κ2) is 10.3. The second-order valence-corrected chi connectivity index (χ2v) is 10.0. The van der Waals surface area contributed by atoms with Gasteiger partial charge < -0.3 is 9.80 Å². The maximum atomic E-state index is 13.2. The van der Waals surface area contributed by atoms with Crippen LogP contribution in [0.3, 0.4) is 0 Å². The van der Waals surface area contributed by atoms with E-state index in [0.717, 1.165) is 25.1 Å². The lowest BCUT2D eigenvalue weighted by Crippen LogP contribution is -2.41. The average Bonchev–Trinajstić information content (AvgIpc) is 3.19. The highest BCUT2D eigenvalue weighted by Gasteiger charge is 2.32. The van der Waals surface area contributed by atoms with E-state index >= 15 is 0 Å². The summed E-state index contributed by atoms with van der Waals surface area (Å²) in [6.45, 7) is 10.7. The van der Waals surface area contributed by atoms with Crippen LogP contribution in [0, 0.1) is 11.8 Å². The van der Waals surface area contributed by atoms with E-state index in [-0.39, 0.29) is 30.7 Å². The van der Waals surface area contributed by atoms with E-state index in [4.69, 9.17) is 0 Å². The average molecular weight is 427 g/mol. The van der Waals surface area contributed by atoms with Gasteiger partial charge in [0.05, 0.1) is 6.04 Å². The van der Waals surface area contributed by atoms with Crippen LogP contribution in [0.15, 0.2) is 41.8 Å². The van der Waals surface area contributed by atoms with Crippen LogP contribution in [0.5, 0.6) is 0 Å². The normalized spacial score (nSPS) is 16.1. The molecule has 3 rings (SSSR count). The maximum absolute atomic E-state index is 13.2. The summed E-state index contributed by atoms with van der Waals surface area (Å²) >= 11 is 1.77. The molecule has 4 nitrogen and oxygen atoms in total. The number of carbonyl (C=O) groups is 2. The van der Waals surface area contributed by atoms with Crippen molar-refractivity contribution in [2.24, 2.45) is 11.8 Å². The molecule has 2 aromatic rings. The van der Waals surface area contributed by atoms with E-state index in [9.17, 15) is 9.59 Å².